The second-order valence-corrected chi connectivity index (χ2v) is 3.56. The lowest BCUT2D eigenvalue weighted by atomic mass is 10.2. The number of nitro groups is 1. The van der Waals surface area contributed by atoms with Crippen molar-refractivity contribution in [3.63, 3.8) is 0 Å². The van der Waals surface area contributed by atoms with Gasteiger partial charge in [-0.1, -0.05) is 6.92 Å². The molecule has 0 aliphatic carbocycles. The Morgan fingerprint density at radius 2 is 2.22 bits per heavy atom. The molecule has 0 fully saturated rings. The van der Waals surface area contributed by atoms with Crippen LogP contribution in [0.25, 0.3) is 0 Å². The van der Waals surface area contributed by atoms with Crippen LogP contribution in [-0.4, -0.2) is 24.0 Å². The van der Waals surface area contributed by atoms with Crippen molar-refractivity contribution in [2.24, 2.45) is 5.73 Å². The second kappa shape index (κ2) is 5.85. The maximum absolute atomic E-state index is 10.7. The second-order valence-electron chi connectivity index (χ2n) is 3.56. The highest BCUT2D eigenvalue weighted by atomic mass is 16.6. The molecule has 1 aromatic rings. The summed E-state index contributed by atoms with van der Waals surface area (Å²) in [5, 5.41) is 18.0. The van der Waals surface area contributed by atoms with Gasteiger partial charge < -0.3 is 15.2 Å². The summed E-state index contributed by atoms with van der Waals surface area (Å²) in [5.41, 5.74) is 5.26. The minimum Gasteiger partial charge on any atom is -0.493 e. The summed E-state index contributed by atoms with van der Waals surface area (Å²) in [6.07, 6.45) is -0.137. The van der Waals surface area contributed by atoms with Gasteiger partial charge in [0.15, 0.2) is 17.6 Å². The van der Waals surface area contributed by atoms with Crippen molar-refractivity contribution in [1.82, 2.24) is 0 Å². The predicted molar refractivity (Wildman–Crippen MR) is 66.3 cm³/mol. The quantitative estimate of drug-likeness (QED) is 0.347. The van der Waals surface area contributed by atoms with Crippen molar-refractivity contribution in [3.8, 4) is 11.5 Å². The summed E-state index contributed by atoms with van der Waals surface area (Å²) in [6.45, 7) is 1.80. The van der Waals surface area contributed by atoms with Gasteiger partial charge in [0.05, 0.1) is 18.1 Å². The normalized spacial score (nSPS) is 11.7. The summed E-state index contributed by atoms with van der Waals surface area (Å²) >= 11 is 0. The molecule has 0 radical (unpaired) electrons. The summed E-state index contributed by atoms with van der Waals surface area (Å²) in [4.78, 5) is 10.2. The zero-order valence-electron chi connectivity index (χ0n) is 10.2. The van der Waals surface area contributed by atoms with Crippen LogP contribution in [0.1, 0.15) is 13.3 Å². The number of hydrogen-bond donors (Lipinski definition) is 2. The van der Waals surface area contributed by atoms with E-state index in [4.69, 9.17) is 20.6 Å². The largest absolute Gasteiger partial charge is 0.493 e. The Morgan fingerprint density at radius 1 is 1.56 bits per heavy atom. The molecule has 1 unspecified atom stereocenters. The van der Waals surface area contributed by atoms with Crippen LogP contribution >= 0.6 is 0 Å². The minimum absolute atomic E-state index is 0.107. The predicted octanol–water partition coefficient (Wildman–Crippen LogP) is 1.70. The first-order valence-electron chi connectivity index (χ1n) is 5.32. The van der Waals surface area contributed by atoms with Gasteiger partial charge in [-0.25, -0.2) is 0 Å². The Morgan fingerprint density at radius 3 is 2.67 bits per heavy atom. The zero-order chi connectivity index (χ0) is 13.7. The van der Waals surface area contributed by atoms with Crippen molar-refractivity contribution < 1.29 is 14.4 Å². The molecule has 3 N–H and O–H groups in total. The smallest absolute Gasteiger partial charge is 0.273 e. The Bertz CT molecular complexity index is 462. The first kappa shape index (κ1) is 13.8. The molecule has 1 rings (SSSR count). The highest BCUT2D eigenvalue weighted by Gasteiger charge is 2.17. The van der Waals surface area contributed by atoms with Gasteiger partial charge in [-0.2, -0.15) is 0 Å². The first-order valence-corrected chi connectivity index (χ1v) is 5.32. The van der Waals surface area contributed by atoms with Crippen LogP contribution in [0.15, 0.2) is 18.2 Å². The fraction of sp³-hybridized carbons (Fsp3) is 0.364. The maximum Gasteiger partial charge on any atom is 0.273 e. The van der Waals surface area contributed by atoms with Crippen molar-refractivity contribution >= 4 is 11.5 Å². The van der Waals surface area contributed by atoms with E-state index in [-0.39, 0.29) is 17.3 Å². The topological polar surface area (TPSA) is 111 Å². The number of amidine groups is 1. The molecule has 0 aliphatic heterocycles. The molecular formula is C11H15N3O4. The summed E-state index contributed by atoms with van der Waals surface area (Å²) < 4.78 is 10.5. The molecular weight excluding hydrogens is 238 g/mol. The lowest BCUT2D eigenvalue weighted by Gasteiger charge is -2.17. The molecule has 0 saturated heterocycles. The molecule has 0 aliphatic rings. The van der Waals surface area contributed by atoms with Crippen molar-refractivity contribution in [2.45, 2.75) is 19.4 Å². The fourth-order valence-corrected chi connectivity index (χ4v) is 1.39. The van der Waals surface area contributed by atoms with E-state index in [0.29, 0.717) is 12.2 Å². The van der Waals surface area contributed by atoms with Gasteiger partial charge in [-0.3, -0.25) is 15.5 Å². The number of nitrogens with two attached hydrogens (primary N) is 1. The number of methoxy groups -OCH3 is 1. The third-order valence-electron chi connectivity index (χ3n) is 2.34. The van der Waals surface area contributed by atoms with Crippen LogP contribution in [0.2, 0.25) is 0 Å². The standard InChI is InChI=1S/C11H15N3O4/c1-3-8(11(12)13)18-10-6-7(14(15)16)4-5-9(10)17-2/h4-6,8H,3H2,1-2H3,(H3,12,13). The number of non-ortho nitro benzene ring substituents is 1. The molecule has 18 heavy (non-hydrogen) atoms. The van der Waals surface area contributed by atoms with Crippen LogP contribution in [0.3, 0.4) is 0 Å². The van der Waals surface area contributed by atoms with E-state index in [0.717, 1.165) is 0 Å². The molecule has 0 spiro atoms. The van der Waals surface area contributed by atoms with Gasteiger partial charge in [0, 0.05) is 6.07 Å². The highest BCUT2D eigenvalue weighted by molar-refractivity contribution is 5.82. The number of benzene rings is 1. The minimum atomic E-state index is -0.624. The van der Waals surface area contributed by atoms with Crippen molar-refractivity contribution in [3.05, 3.63) is 28.3 Å². The van der Waals surface area contributed by atoms with E-state index < -0.39 is 11.0 Å². The average Bonchev–Trinajstić information content (AvgIpc) is 2.35. The monoisotopic (exact) mass is 253 g/mol. The Balaban J connectivity index is 3.07. The zero-order valence-corrected chi connectivity index (χ0v) is 10.2. The van der Waals surface area contributed by atoms with Crippen LogP contribution in [-0.2, 0) is 0 Å². The van der Waals surface area contributed by atoms with E-state index >= 15 is 0 Å². The molecule has 0 aromatic heterocycles. The third-order valence-corrected chi connectivity index (χ3v) is 2.34. The number of rotatable bonds is 6. The average molecular weight is 253 g/mol. The summed E-state index contributed by atoms with van der Waals surface area (Å²) in [5.74, 6) is 0.431. The Labute approximate surface area is 104 Å². The SMILES string of the molecule is CCC(Oc1cc([N+](=O)[O-])ccc1OC)C(=N)N. The Kier molecular flexibility index (Phi) is 4.47. The molecule has 1 atom stereocenters. The summed E-state index contributed by atoms with van der Waals surface area (Å²) in [6, 6.07) is 4.02. The van der Waals surface area contributed by atoms with Gasteiger partial charge in [0.25, 0.3) is 5.69 Å². The Hall–Kier alpha value is -2.31. The van der Waals surface area contributed by atoms with E-state index in [1.54, 1.807) is 6.92 Å². The van der Waals surface area contributed by atoms with E-state index in [2.05, 4.69) is 0 Å². The fourth-order valence-electron chi connectivity index (χ4n) is 1.39. The van der Waals surface area contributed by atoms with Crippen LogP contribution in [0.5, 0.6) is 11.5 Å². The van der Waals surface area contributed by atoms with Crippen LogP contribution in [0, 0.1) is 15.5 Å². The van der Waals surface area contributed by atoms with Crippen molar-refractivity contribution in [1.29, 1.82) is 5.41 Å². The molecule has 7 heteroatoms. The molecule has 7 nitrogen and oxygen atoms in total. The number of ether oxygens (including phenoxy) is 2. The molecule has 0 saturated carbocycles. The van der Waals surface area contributed by atoms with Gasteiger partial charge in [-0.05, 0) is 12.5 Å². The first-order chi connectivity index (χ1) is 8.49. The van der Waals surface area contributed by atoms with Gasteiger partial charge >= 0.3 is 0 Å². The molecule has 1 aromatic carbocycles. The van der Waals surface area contributed by atoms with E-state index in [1.807, 2.05) is 0 Å². The van der Waals surface area contributed by atoms with Gasteiger partial charge in [0.1, 0.15) is 5.84 Å². The van der Waals surface area contributed by atoms with Gasteiger partial charge in [0.2, 0.25) is 0 Å². The number of nitrogens with one attached hydrogen (secondary N) is 1. The molecule has 0 bridgehead atoms. The third kappa shape index (κ3) is 3.09. The molecule has 0 heterocycles. The number of nitro benzene ring substituents is 1. The van der Waals surface area contributed by atoms with Crippen LogP contribution in [0.4, 0.5) is 5.69 Å². The summed E-state index contributed by atoms with van der Waals surface area (Å²) in [7, 11) is 1.43. The van der Waals surface area contributed by atoms with E-state index in [9.17, 15) is 10.1 Å². The van der Waals surface area contributed by atoms with Crippen molar-refractivity contribution in [2.75, 3.05) is 7.11 Å². The lowest BCUT2D eigenvalue weighted by Crippen LogP contribution is -2.32. The number of nitrogens with zero attached hydrogens (tertiary/aromatic N) is 1. The highest BCUT2D eigenvalue weighted by Crippen LogP contribution is 2.32. The van der Waals surface area contributed by atoms with Crippen LogP contribution < -0.4 is 15.2 Å². The molecule has 0 amide bonds. The number of hydrogen-bond acceptors (Lipinski definition) is 5. The lowest BCUT2D eigenvalue weighted by molar-refractivity contribution is -0.385. The molecule has 98 valence electrons. The van der Waals surface area contributed by atoms with Gasteiger partial charge in [-0.15, -0.1) is 0 Å². The van der Waals surface area contributed by atoms with E-state index in [1.165, 1.54) is 25.3 Å². The maximum atomic E-state index is 10.7.